The van der Waals surface area contributed by atoms with Crippen LogP contribution >= 0.6 is 0 Å². The fourth-order valence-electron chi connectivity index (χ4n) is 2.25. The molecule has 1 aromatic rings. The minimum atomic E-state index is -0.137. The van der Waals surface area contributed by atoms with E-state index >= 15 is 0 Å². The van der Waals surface area contributed by atoms with Crippen LogP contribution in [0.5, 0.6) is 0 Å². The minimum Gasteiger partial charge on any atom is -0.298 e. The van der Waals surface area contributed by atoms with Gasteiger partial charge in [-0.3, -0.25) is 4.84 Å². The van der Waals surface area contributed by atoms with Gasteiger partial charge in [-0.05, 0) is 37.8 Å². The van der Waals surface area contributed by atoms with Crippen molar-refractivity contribution in [3.05, 3.63) is 35.6 Å². The molecule has 1 unspecified atom stereocenters. The summed E-state index contributed by atoms with van der Waals surface area (Å²) < 4.78 is 13.4. The Morgan fingerprint density at radius 3 is 2.76 bits per heavy atom. The van der Waals surface area contributed by atoms with Gasteiger partial charge in [0.1, 0.15) is 5.82 Å². The summed E-state index contributed by atoms with van der Waals surface area (Å²) in [7, 11) is 0. The van der Waals surface area contributed by atoms with Crippen LogP contribution in [0.3, 0.4) is 0 Å². The van der Waals surface area contributed by atoms with Gasteiger partial charge in [-0.15, -0.1) is 0 Å². The Bertz CT molecular complexity index is 350. The lowest BCUT2D eigenvalue weighted by molar-refractivity contribution is -0.0370. The SMILES string of the molecule is CC(Cc1ccccc1F)NOC1CCCC1. The Morgan fingerprint density at radius 2 is 2.06 bits per heavy atom. The predicted octanol–water partition coefficient (Wildman–Crippen LogP) is 3.22. The molecule has 0 saturated heterocycles. The number of halogens is 1. The van der Waals surface area contributed by atoms with Crippen molar-refractivity contribution >= 4 is 0 Å². The molecule has 0 heterocycles. The molecule has 2 rings (SSSR count). The lowest BCUT2D eigenvalue weighted by Crippen LogP contribution is -2.32. The van der Waals surface area contributed by atoms with Gasteiger partial charge in [0.25, 0.3) is 0 Å². The van der Waals surface area contributed by atoms with Crippen LogP contribution in [0.4, 0.5) is 4.39 Å². The molecule has 2 nitrogen and oxygen atoms in total. The van der Waals surface area contributed by atoms with Crippen LogP contribution in [0.2, 0.25) is 0 Å². The van der Waals surface area contributed by atoms with Gasteiger partial charge in [0, 0.05) is 6.04 Å². The van der Waals surface area contributed by atoms with Crippen LogP contribution in [-0.4, -0.2) is 12.1 Å². The smallest absolute Gasteiger partial charge is 0.126 e. The summed E-state index contributed by atoms with van der Waals surface area (Å²) in [5.74, 6) is -0.137. The molecule has 1 aliphatic carbocycles. The first-order valence-corrected chi connectivity index (χ1v) is 6.40. The average molecular weight is 237 g/mol. The minimum absolute atomic E-state index is 0.132. The van der Waals surface area contributed by atoms with E-state index in [1.165, 1.54) is 18.9 Å². The zero-order chi connectivity index (χ0) is 12.1. The second-order valence-corrected chi connectivity index (χ2v) is 4.84. The first kappa shape index (κ1) is 12.5. The van der Waals surface area contributed by atoms with Crippen LogP contribution in [-0.2, 0) is 11.3 Å². The summed E-state index contributed by atoms with van der Waals surface area (Å²) in [6.07, 6.45) is 5.79. The molecule has 1 aromatic carbocycles. The summed E-state index contributed by atoms with van der Waals surface area (Å²) in [5, 5.41) is 0. The van der Waals surface area contributed by atoms with Gasteiger partial charge in [0.2, 0.25) is 0 Å². The molecule has 0 amide bonds. The quantitative estimate of drug-likeness (QED) is 0.794. The molecule has 1 aliphatic rings. The molecule has 1 N–H and O–H groups in total. The zero-order valence-corrected chi connectivity index (χ0v) is 10.3. The maximum atomic E-state index is 13.4. The summed E-state index contributed by atoms with van der Waals surface area (Å²) >= 11 is 0. The topological polar surface area (TPSA) is 21.3 Å². The number of hydroxylamine groups is 1. The lowest BCUT2D eigenvalue weighted by Gasteiger charge is -2.17. The first-order valence-electron chi connectivity index (χ1n) is 6.40. The van der Waals surface area contributed by atoms with E-state index in [2.05, 4.69) is 5.48 Å². The molecule has 94 valence electrons. The summed E-state index contributed by atoms with van der Waals surface area (Å²) in [6.45, 7) is 2.02. The largest absolute Gasteiger partial charge is 0.298 e. The summed E-state index contributed by atoms with van der Waals surface area (Å²) in [5.41, 5.74) is 3.77. The second kappa shape index (κ2) is 6.12. The Balaban J connectivity index is 1.76. The number of nitrogens with one attached hydrogen (secondary N) is 1. The molecule has 3 heteroatoms. The van der Waals surface area contributed by atoms with Crippen molar-refractivity contribution in [2.45, 2.75) is 51.2 Å². The number of rotatable bonds is 5. The highest BCUT2D eigenvalue weighted by atomic mass is 19.1. The van der Waals surface area contributed by atoms with E-state index in [0.29, 0.717) is 12.5 Å². The fraction of sp³-hybridized carbons (Fsp3) is 0.571. The van der Waals surface area contributed by atoms with Gasteiger partial charge >= 0.3 is 0 Å². The fourth-order valence-corrected chi connectivity index (χ4v) is 2.25. The van der Waals surface area contributed by atoms with E-state index in [0.717, 1.165) is 18.4 Å². The highest BCUT2D eigenvalue weighted by Gasteiger charge is 2.16. The second-order valence-electron chi connectivity index (χ2n) is 4.84. The van der Waals surface area contributed by atoms with Gasteiger partial charge in [-0.1, -0.05) is 31.0 Å². The van der Waals surface area contributed by atoms with Gasteiger partial charge in [0.15, 0.2) is 0 Å². The summed E-state index contributed by atoms with van der Waals surface area (Å²) in [4.78, 5) is 5.60. The zero-order valence-electron chi connectivity index (χ0n) is 10.3. The van der Waals surface area contributed by atoms with Gasteiger partial charge in [-0.25, -0.2) is 4.39 Å². The van der Waals surface area contributed by atoms with E-state index < -0.39 is 0 Å². The standard InChI is InChI=1S/C14H20FNO/c1-11(16-17-13-7-3-4-8-13)10-12-6-2-5-9-14(12)15/h2,5-6,9,11,13,16H,3-4,7-8,10H2,1H3. The van der Waals surface area contributed by atoms with Crippen molar-refractivity contribution in [2.75, 3.05) is 0 Å². The van der Waals surface area contributed by atoms with Crippen molar-refractivity contribution in [1.82, 2.24) is 5.48 Å². The highest BCUT2D eigenvalue weighted by Crippen LogP contribution is 2.20. The van der Waals surface area contributed by atoms with Crippen molar-refractivity contribution < 1.29 is 9.23 Å². The normalized spacial score (nSPS) is 18.5. The Kier molecular flexibility index (Phi) is 4.51. The van der Waals surface area contributed by atoms with Crippen LogP contribution in [0, 0.1) is 5.82 Å². The third-order valence-electron chi connectivity index (χ3n) is 3.22. The van der Waals surface area contributed by atoms with Crippen LogP contribution in [0.1, 0.15) is 38.2 Å². The Hall–Kier alpha value is -0.930. The van der Waals surface area contributed by atoms with E-state index in [-0.39, 0.29) is 11.9 Å². The molecule has 1 atom stereocenters. The van der Waals surface area contributed by atoms with E-state index in [1.54, 1.807) is 6.07 Å². The maximum Gasteiger partial charge on any atom is 0.126 e. The van der Waals surface area contributed by atoms with Crippen molar-refractivity contribution in [2.24, 2.45) is 0 Å². The molecule has 0 aromatic heterocycles. The van der Waals surface area contributed by atoms with Crippen LogP contribution < -0.4 is 5.48 Å². The molecule has 0 aliphatic heterocycles. The van der Waals surface area contributed by atoms with Crippen molar-refractivity contribution in [1.29, 1.82) is 0 Å². The van der Waals surface area contributed by atoms with E-state index in [4.69, 9.17) is 4.84 Å². The molecular weight excluding hydrogens is 217 g/mol. The maximum absolute atomic E-state index is 13.4. The molecule has 1 fully saturated rings. The van der Waals surface area contributed by atoms with Gasteiger partial charge in [-0.2, -0.15) is 5.48 Å². The number of hydrogen-bond acceptors (Lipinski definition) is 2. The third kappa shape index (κ3) is 3.79. The number of hydrogen-bond donors (Lipinski definition) is 1. The average Bonchev–Trinajstić information content (AvgIpc) is 2.82. The van der Waals surface area contributed by atoms with Crippen LogP contribution in [0.15, 0.2) is 24.3 Å². The monoisotopic (exact) mass is 237 g/mol. The first-order chi connectivity index (χ1) is 8.25. The highest BCUT2D eigenvalue weighted by molar-refractivity contribution is 5.18. The predicted molar refractivity (Wildman–Crippen MR) is 66.0 cm³/mol. The molecule has 0 radical (unpaired) electrons. The molecule has 1 saturated carbocycles. The van der Waals surface area contributed by atoms with E-state index in [1.807, 2.05) is 19.1 Å². The number of benzene rings is 1. The molecule has 17 heavy (non-hydrogen) atoms. The van der Waals surface area contributed by atoms with E-state index in [9.17, 15) is 4.39 Å². The Morgan fingerprint density at radius 1 is 1.35 bits per heavy atom. The van der Waals surface area contributed by atoms with Gasteiger partial charge in [0.05, 0.1) is 6.10 Å². The van der Waals surface area contributed by atoms with Gasteiger partial charge < -0.3 is 0 Å². The third-order valence-corrected chi connectivity index (χ3v) is 3.22. The molecule has 0 spiro atoms. The molecular formula is C14H20FNO. The Labute approximate surface area is 102 Å². The molecule has 0 bridgehead atoms. The van der Waals surface area contributed by atoms with Crippen molar-refractivity contribution in [3.63, 3.8) is 0 Å². The van der Waals surface area contributed by atoms with Crippen molar-refractivity contribution in [3.8, 4) is 0 Å². The van der Waals surface area contributed by atoms with Crippen LogP contribution in [0.25, 0.3) is 0 Å². The lowest BCUT2D eigenvalue weighted by atomic mass is 10.1. The summed E-state index contributed by atoms with van der Waals surface area (Å²) in [6, 6.07) is 7.03.